The third kappa shape index (κ3) is 8.88. The molecule has 0 spiro atoms. The number of esters is 3. The van der Waals surface area contributed by atoms with Crippen LogP contribution in [0.25, 0.3) is 0 Å². The van der Waals surface area contributed by atoms with Crippen molar-refractivity contribution in [2.75, 3.05) is 7.11 Å². The van der Waals surface area contributed by atoms with Gasteiger partial charge in [0.25, 0.3) is 0 Å². The van der Waals surface area contributed by atoms with Crippen LogP contribution < -0.4 is 0 Å². The summed E-state index contributed by atoms with van der Waals surface area (Å²) >= 11 is 0. The summed E-state index contributed by atoms with van der Waals surface area (Å²) in [6, 6.07) is 9.24. The summed E-state index contributed by atoms with van der Waals surface area (Å²) < 4.78 is 15.1. The van der Waals surface area contributed by atoms with Crippen molar-refractivity contribution in [3.8, 4) is 0 Å². The molecule has 0 aromatic heterocycles. The molecule has 1 atom stereocenters. The lowest BCUT2D eigenvalue weighted by Crippen LogP contribution is -2.28. The topological polar surface area (TPSA) is 78.9 Å². The zero-order chi connectivity index (χ0) is 18.9. The Morgan fingerprint density at radius 2 is 1.68 bits per heavy atom. The molecule has 0 saturated heterocycles. The minimum atomic E-state index is -0.752. The Balaban J connectivity index is 2.66. The minimum absolute atomic E-state index is 0.0321. The Morgan fingerprint density at radius 1 is 1.04 bits per heavy atom. The molecule has 0 aliphatic rings. The molecular weight excluding hydrogens is 324 g/mol. The lowest BCUT2D eigenvalue weighted by molar-refractivity contribution is -0.162. The van der Waals surface area contributed by atoms with Crippen LogP contribution in [-0.2, 0) is 35.2 Å². The number of hydrogen-bond donors (Lipinski definition) is 0. The van der Waals surface area contributed by atoms with Gasteiger partial charge in [0.15, 0.2) is 0 Å². The molecule has 0 N–H and O–H groups in total. The second-order valence-corrected chi connectivity index (χ2v) is 6.70. The van der Waals surface area contributed by atoms with Crippen molar-refractivity contribution in [3.63, 3.8) is 0 Å². The number of methoxy groups -OCH3 is 1. The molecule has 6 nitrogen and oxygen atoms in total. The summed E-state index contributed by atoms with van der Waals surface area (Å²) in [7, 11) is 1.28. The van der Waals surface area contributed by atoms with Crippen LogP contribution in [0.5, 0.6) is 0 Å². The van der Waals surface area contributed by atoms with E-state index in [-0.39, 0.29) is 25.9 Å². The van der Waals surface area contributed by atoms with Crippen molar-refractivity contribution >= 4 is 17.9 Å². The van der Waals surface area contributed by atoms with Gasteiger partial charge in [-0.15, -0.1) is 0 Å². The largest absolute Gasteiger partial charge is 0.469 e. The van der Waals surface area contributed by atoms with Crippen LogP contribution in [0.2, 0.25) is 0 Å². The van der Waals surface area contributed by atoms with Crippen molar-refractivity contribution in [1.82, 2.24) is 0 Å². The van der Waals surface area contributed by atoms with Gasteiger partial charge in [0.05, 0.1) is 19.4 Å². The zero-order valence-electron chi connectivity index (χ0n) is 15.2. The fourth-order valence-electron chi connectivity index (χ4n) is 2.13. The molecule has 0 aliphatic heterocycles. The van der Waals surface area contributed by atoms with E-state index in [1.807, 2.05) is 30.3 Å². The molecule has 1 aromatic rings. The fourth-order valence-corrected chi connectivity index (χ4v) is 2.13. The highest BCUT2D eigenvalue weighted by Gasteiger charge is 2.27. The first-order valence-electron chi connectivity index (χ1n) is 8.20. The van der Waals surface area contributed by atoms with E-state index in [4.69, 9.17) is 9.47 Å². The van der Waals surface area contributed by atoms with Gasteiger partial charge >= 0.3 is 17.9 Å². The normalized spacial score (nSPS) is 12.2. The van der Waals surface area contributed by atoms with Crippen LogP contribution in [0.3, 0.4) is 0 Å². The van der Waals surface area contributed by atoms with Crippen LogP contribution in [0.1, 0.15) is 45.6 Å². The first-order chi connectivity index (χ1) is 11.7. The number of ether oxygens (including phenoxy) is 3. The van der Waals surface area contributed by atoms with Crippen molar-refractivity contribution in [2.45, 2.75) is 52.2 Å². The molecule has 138 valence electrons. The summed E-state index contributed by atoms with van der Waals surface area (Å²) in [4.78, 5) is 35.7. The summed E-state index contributed by atoms with van der Waals surface area (Å²) in [5, 5.41) is 0. The quantitative estimate of drug-likeness (QED) is 0.530. The predicted molar refractivity (Wildman–Crippen MR) is 91.4 cm³/mol. The molecule has 0 amide bonds. The van der Waals surface area contributed by atoms with Gasteiger partial charge in [-0.3, -0.25) is 14.4 Å². The number of rotatable bonds is 8. The summed E-state index contributed by atoms with van der Waals surface area (Å²) in [5.74, 6) is -2.22. The lowest BCUT2D eigenvalue weighted by Gasteiger charge is -2.21. The first kappa shape index (κ1) is 20.7. The molecule has 0 fully saturated rings. The van der Waals surface area contributed by atoms with Gasteiger partial charge in [-0.25, -0.2) is 0 Å². The smallest absolute Gasteiger partial charge is 0.309 e. The van der Waals surface area contributed by atoms with Gasteiger partial charge in [0.2, 0.25) is 0 Å². The minimum Gasteiger partial charge on any atom is -0.469 e. The monoisotopic (exact) mass is 350 g/mol. The fraction of sp³-hybridized carbons (Fsp3) is 0.526. The van der Waals surface area contributed by atoms with Gasteiger partial charge < -0.3 is 14.2 Å². The van der Waals surface area contributed by atoms with Crippen molar-refractivity contribution < 1.29 is 28.6 Å². The van der Waals surface area contributed by atoms with E-state index in [0.29, 0.717) is 0 Å². The van der Waals surface area contributed by atoms with E-state index in [0.717, 1.165) is 5.56 Å². The standard InChI is InChI=1S/C19H26O6/c1-19(2,3)25-17(21)12-15(10-11-16(20)23-4)18(22)24-13-14-8-6-5-7-9-14/h5-9,15H,10-13H2,1-4H3/t15-/m0/s1. The van der Waals surface area contributed by atoms with Gasteiger partial charge in [-0.2, -0.15) is 0 Å². The van der Waals surface area contributed by atoms with Crippen LogP contribution in [0, 0.1) is 5.92 Å². The molecular formula is C19H26O6. The molecule has 0 saturated carbocycles. The Bertz CT molecular complexity index is 573. The predicted octanol–water partition coefficient (Wildman–Crippen LogP) is 3.03. The summed E-state index contributed by atoms with van der Waals surface area (Å²) in [5.41, 5.74) is 0.206. The van der Waals surface area contributed by atoms with Crippen molar-refractivity contribution in [1.29, 1.82) is 0 Å². The number of carbonyl (C=O) groups is 3. The van der Waals surface area contributed by atoms with Crippen molar-refractivity contribution in [3.05, 3.63) is 35.9 Å². The lowest BCUT2D eigenvalue weighted by atomic mass is 9.99. The van der Waals surface area contributed by atoms with Gasteiger partial charge in [-0.1, -0.05) is 30.3 Å². The third-order valence-electron chi connectivity index (χ3n) is 3.31. The average molecular weight is 350 g/mol. The van der Waals surface area contributed by atoms with Gasteiger partial charge in [0, 0.05) is 6.42 Å². The Hall–Kier alpha value is -2.37. The third-order valence-corrected chi connectivity index (χ3v) is 3.31. The van der Waals surface area contributed by atoms with Crippen LogP contribution in [0.4, 0.5) is 0 Å². The zero-order valence-corrected chi connectivity index (χ0v) is 15.2. The van der Waals surface area contributed by atoms with E-state index in [2.05, 4.69) is 4.74 Å². The second kappa shape index (κ2) is 9.81. The molecule has 0 radical (unpaired) electrons. The van der Waals surface area contributed by atoms with E-state index in [1.54, 1.807) is 20.8 Å². The number of carbonyl (C=O) groups excluding carboxylic acids is 3. The highest BCUT2D eigenvalue weighted by molar-refractivity contribution is 5.80. The maximum Gasteiger partial charge on any atom is 0.309 e. The molecule has 6 heteroatoms. The van der Waals surface area contributed by atoms with Gasteiger partial charge in [-0.05, 0) is 32.8 Å². The maximum atomic E-state index is 12.3. The molecule has 0 aliphatic carbocycles. The maximum absolute atomic E-state index is 12.3. The van der Waals surface area contributed by atoms with Crippen LogP contribution in [-0.4, -0.2) is 30.6 Å². The number of benzene rings is 1. The SMILES string of the molecule is COC(=O)CC[C@@H](CC(=O)OC(C)(C)C)C(=O)OCc1ccccc1. The Kier molecular flexibility index (Phi) is 8.11. The summed E-state index contributed by atoms with van der Waals surface area (Å²) in [6.07, 6.45) is 0.0613. The average Bonchev–Trinajstić information content (AvgIpc) is 2.55. The molecule has 1 aromatic carbocycles. The Morgan fingerprint density at radius 3 is 2.24 bits per heavy atom. The highest BCUT2D eigenvalue weighted by atomic mass is 16.6. The number of hydrogen-bond acceptors (Lipinski definition) is 6. The molecule has 0 bridgehead atoms. The van der Waals surface area contributed by atoms with E-state index in [1.165, 1.54) is 7.11 Å². The molecule has 0 heterocycles. The highest BCUT2D eigenvalue weighted by Crippen LogP contribution is 2.18. The molecule has 0 unspecified atom stereocenters. The second-order valence-electron chi connectivity index (χ2n) is 6.70. The van der Waals surface area contributed by atoms with Crippen LogP contribution in [0.15, 0.2) is 30.3 Å². The van der Waals surface area contributed by atoms with E-state index < -0.39 is 29.4 Å². The first-order valence-corrected chi connectivity index (χ1v) is 8.20. The van der Waals surface area contributed by atoms with Crippen LogP contribution >= 0.6 is 0 Å². The van der Waals surface area contributed by atoms with Gasteiger partial charge in [0.1, 0.15) is 12.2 Å². The summed E-state index contributed by atoms with van der Waals surface area (Å²) in [6.45, 7) is 5.37. The van der Waals surface area contributed by atoms with E-state index in [9.17, 15) is 14.4 Å². The molecule has 1 rings (SSSR count). The Labute approximate surface area is 148 Å². The molecule has 25 heavy (non-hydrogen) atoms. The van der Waals surface area contributed by atoms with Crippen molar-refractivity contribution in [2.24, 2.45) is 5.92 Å². The van der Waals surface area contributed by atoms with E-state index >= 15 is 0 Å².